The van der Waals surface area contributed by atoms with Crippen molar-refractivity contribution in [2.24, 2.45) is 0 Å². The van der Waals surface area contributed by atoms with Crippen molar-refractivity contribution in [2.45, 2.75) is 0 Å². The quantitative estimate of drug-likeness (QED) is 0.689. The molecular formula is C9H19N3O2. The first-order valence-corrected chi connectivity index (χ1v) is 4.94. The Morgan fingerprint density at radius 1 is 1.29 bits per heavy atom. The van der Waals surface area contributed by atoms with Crippen molar-refractivity contribution in [3.05, 3.63) is 0 Å². The van der Waals surface area contributed by atoms with Crippen LogP contribution in [0.5, 0.6) is 0 Å². The summed E-state index contributed by atoms with van der Waals surface area (Å²) >= 11 is 0. The third kappa shape index (κ3) is 3.51. The molecule has 5 heteroatoms. The smallest absolute Gasteiger partial charge is 0.407 e. The minimum Gasteiger partial charge on any atom is -0.465 e. The maximum Gasteiger partial charge on any atom is 0.407 e. The molecule has 0 atom stereocenters. The number of nitrogens with zero attached hydrogens (tertiary/aromatic N) is 3. The minimum absolute atomic E-state index is 0.642. The van der Waals surface area contributed by atoms with Gasteiger partial charge in [0.2, 0.25) is 0 Å². The van der Waals surface area contributed by atoms with E-state index < -0.39 is 6.09 Å². The number of likely N-dealkylation sites (N-methyl/N-ethyl adjacent to an activating group) is 1. The summed E-state index contributed by atoms with van der Waals surface area (Å²) < 4.78 is 0. The van der Waals surface area contributed by atoms with Crippen LogP contribution in [0.1, 0.15) is 0 Å². The molecule has 14 heavy (non-hydrogen) atoms. The van der Waals surface area contributed by atoms with Gasteiger partial charge in [-0.05, 0) is 14.1 Å². The number of carbonyl (C=O) groups is 1. The fourth-order valence-electron chi connectivity index (χ4n) is 1.50. The summed E-state index contributed by atoms with van der Waals surface area (Å²) in [5.74, 6) is 0. The molecule has 0 aromatic carbocycles. The highest BCUT2D eigenvalue weighted by Crippen LogP contribution is 2.01. The van der Waals surface area contributed by atoms with Gasteiger partial charge in [-0.1, -0.05) is 0 Å². The van der Waals surface area contributed by atoms with Gasteiger partial charge < -0.3 is 14.9 Å². The lowest BCUT2D eigenvalue weighted by Crippen LogP contribution is -2.49. The second-order valence-electron chi connectivity index (χ2n) is 3.91. The Bertz CT molecular complexity index is 188. The largest absolute Gasteiger partial charge is 0.465 e. The van der Waals surface area contributed by atoms with E-state index in [1.807, 2.05) is 14.1 Å². The van der Waals surface area contributed by atoms with Crippen LogP contribution >= 0.6 is 0 Å². The summed E-state index contributed by atoms with van der Waals surface area (Å²) in [6.45, 7) is 5.07. The van der Waals surface area contributed by atoms with E-state index in [2.05, 4.69) is 9.80 Å². The zero-order chi connectivity index (χ0) is 10.6. The van der Waals surface area contributed by atoms with Crippen LogP contribution in [0.3, 0.4) is 0 Å². The Morgan fingerprint density at radius 2 is 1.86 bits per heavy atom. The Kier molecular flexibility index (Phi) is 4.16. The molecule has 0 saturated carbocycles. The van der Waals surface area contributed by atoms with E-state index in [1.54, 1.807) is 0 Å². The molecule has 1 aliphatic rings. The van der Waals surface area contributed by atoms with Crippen molar-refractivity contribution in [1.29, 1.82) is 0 Å². The van der Waals surface area contributed by atoms with E-state index >= 15 is 0 Å². The molecule has 0 unspecified atom stereocenters. The van der Waals surface area contributed by atoms with Crippen molar-refractivity contribution in [3.8, 4) is 0 Å². The van der Waals surface area contributed by atoms with Crippen molar-refractivity contribution in [2.75, 3.05) is 53.4 Å². The summed E-state index contributed by atoms with van der Waals surface area (Å²) in [4.78, 5) is 16.6. The van der Waals surface area contributed by atoms with Crippen LogP contribution in [0.2, 0.25) is 0 Å². The topological polar surface area (TPSA) is 47.0 Å². The summed E-state index contributed by atoms with van der Waals surface area (Å²) in [6, 6.07) is 0. The number of rotatable bonds is 3. The lowest BCUT2D eigenvalue weighted by molar-refractivity contribution is 0.102. The van der Waals surface area contributed by atoms with Gasteiger partial charge in [0, 0.05) is 39.3 Å². The maximum absolute atomic E-state index is 10.6. The highest BCUT2D eigenvalue weighted by Gasteiger charge is 2.19. The molecule has 5 nitrogen and oxygen atoms in total. The van der Waals surface area contributed by atoms with E-state index in [0.29, 0.717) is 13.1 Å². The first-order chi connectivity index (χ1) is 6.59. The first-order valence-electron chi connectivity index (χ1n) is 4.94. The number of carboxylic acid groups (broad SMARTS) is 1. The highest BCUT2D eigenvalue weighted by atomic mass is 16.4. The molecule has 0 aliphatic carbocycles. The van der Waals surface area contributed by atoms with Gasteiger partial charge in [0.05, 0.1) is 0 Å². The first kappa shape index (κ1) is 11.3. The van der Waals surface area contributed by atoms with Gasteiger partial charge in [-0.25, -0.2) is 4.79 Å². The number of hydrogen-bond acceptors (Lipinski definition) is 3. The van der Waals surface area contributed by atoms with Crippen LogP contribution in [-0.4, -0.2) is 79.3 Å². The van der Waals surface area contributed by atoms with E-state index in [9.17, 15) is 4.79 Å². The molecule has 82 valence electrons. The number of hydrogen-bond donors (Lipinski definition) is 1. The predicted molar refractivity (Wildman–Crippen MR) is 54.6 cm³/mol. The van der Waals surface area contributed by atoms with Crippen molar-refractivity contribution in [3.63, 3.8) is 0 Å². The van der Waals surface area contributed by atoms with Gasteiger partial charge in [-0.3, -0.25) is 4.90 Å². The van der Waals surface area contributed by atoms with Crippen molar-refractivity contribution >= 4 is 6.09 Å². The lowest BCUT2D eigenvalue weighted by atomic mass is 10.3. The molecular weight excluding hydrogens is 182 g/mol. The molecule has 0 bridgehead atoms. The molecule has 1 rings (SSSR count). The molecule has 1 aliphatic heterocycles. The standard InChI is InChI=1S/C9H19N3O2/c1-10(2)3-4-11-5-7-12(8-6-11)9(13)14/h3-8H2,1-2H3,(H,13,14). The average Bonchev–Trinajstić information content (AvgIpc) is 2.15. The van der Waals surface area contributed by atoms with Gasteiger partial charge in [0.15, 0.2) is 0 Å². The van der Waals surface area contributed by atoms with Crippen molar-refractivity contribution in [1.82, 2.24) is 14.7 Å². The van der Waals surface area contributed by atoms with E-state index in [0.717, 1.165) is 26.2 Å². The fourth-order valence-corrected chi connectivity index (χ4v) is 1.50. The zero-order valence-corrected chi connectivity index (χ0v) is 8.94. The van der Waals surface area contributed by atoms with Gasteiger partial charge in [-0.15, -0.1) is 0 Å². The van der Waals surface area contributed by atoms with E-state index in [-0.39, 0.29) is 0 Å². The molecule has 1 N–H and O–H groups in total. The van der Waals surface area contributed by atoms with Crippen LogP contribution in [0, 0.1) is 0 Å². The molecule has 1 amide bonds. The average molecular weight is 201 g/mol. The van der Waals surface area contributed by atoms with Gasteiger partial charge in [0.25, 0.3) is 0 Å². The normalized spacial score (nSPS) is 18.9. The Morgan fingerprint density at radius 3 is 2.29 bits per heavy atom. The summed E-state index contributed by atoms with van der Waals surface area (Å²) in [5.41, 5.74) is 0. The molecule has 1 heterocycles. The molecule has 1 fully saturated rings. The lowest BCUT2D eigenvalue weighted by Gasteiger charge is -2.33. The highest BCUT2D eigenvalue weighted by molar-refractivity contribution is 5.65. The second kappa shape index (κ2) is 5.17. The number of piperazine rings is 1. The van der Waals surface area contributed by atoms with Crippen LogP contribution in [0.15, 0.2) is 0 Å². The van der Waals surface area contributed by atoms with Crippen LogP contribution < -0.4 is 0 Å². The van der Waals surface area contributed by atoms with Crippen LogP contribution in [-0.2, 0) is 0 Å². The molecule has 0 aromatic heterocycles. The summed E-state index contributed by atoms with van der Waals surface area (Å²) in [6.07, 6.45) is -0.794. The predicted octanol–water partition coefficient (Wildman–Crippen LogP) is -0.156. The molecule has 0 radical (unpaired) electrons. The molecule has 1 saturated heterocycles. The van der Waals surface area contributed by atoms with Gasteiger partial charge >= 0.3 is 6.09 Å². The van der Waals surface area contributed by atoms with Gasteiger partial charge in [-0.2, -0.15) is 0 Å². The Hall–Kier alpha value is -0.810. The Balaban J connectivity index is 2.19. The van der Waals surface area contributed by atoms with Crippen LogP contribution in [0.25, 0.3) is 0 Å². The SMILES string of the molecule is CN(C)CCN1CCN(C(=O)O)CC1. The minimum atomic E-state index is -0.794. The van der Waals surface area contributed by atoms with Gasteiger partial charge in [0.1, 0.15) is 0 Å². The third-order valence-corrected chi connectivity index (χ3v) is 2.51. The van der Waals surface area contributed by atoms with E-state index in [4.69, 9.17) is 5.11 Å². The second-order valence-corrected chi connectivity index (χ2v) is 3.91. The zero-order valence-electron chi connectivity index (χ0n) is 8.94. The van der Waals surface area contributed by atoms with Crippen LogP contribution in [0.4, 0.5) is 4.79 Å². The Labute approximate surface area is 84.9 Å². The monoisotopic (exact) mass is 201 g/mol. The summed E-state index contributed by atoms with van der Waals surface area (Å²) in [5, 5.41) is 8.74. The molecule has 0 spiro atoms. The van der Waals surface area contributed by atoms with E-state index in [1.165, 1.54) is 4.90 Å². The number of amides is 1. The fraction of sp³-hybridized carbons (Fsp3) is 0.889. The van der Waals surface area contributed by atoms with Crippen molar-refractivity contribution < 1.29 is 9.90 Å². The third-order valence-electron chi connectivity index (χ3n) is 2.51. The summed E-state index contributed by atoms with van der Waals surface area (Å²) in [7, 11) is 4.10. The molecule has 0 aromatic rings. The maximum atomic E-state index is 10.6.